The van der Waals surface area contributed by atoms with E-state index in [1.807, 2.05) is 12.4 Å². The highest BCUT2D eigenvalue weighted by Crippen LogP contribution is 2.42. The summed E-state index contributed by atoms with van der Waals surface area (Å²) in [4.78, 5) is 13.3. The molecule has 1 N–H and O–H groups in total. The van der Waals surface area contributed by atoms with Crippen molar-refractivity contribution in [2.45, 2.75) is 37.4 Å². The van der Waals surface area contributed by atoms with Crippen LogP contribution in [-0.4, -0.2) is 76.9 Å². The lowest BCUT2D eigenvalue weighted by molar-refractivity contribution is -0.0655. The van der Waals surface area contributed by atoms with Crippen LogP contribution in [0.25, 0.3) is 0 Å². The van der Waals surface area contributed by atoms with Gasteiger partial charge in [0.2, 0.25) is 0 Å². The summed E-state index contributed by atoms with van der Waals surface area (Å²) in [5, 5.41) is 10.1. The first-order valence-corrected chi connectivity index (χ1v) is 10.7. The lowest BCUT2D eigenvalue weighted by Crippen LogP contribution is -2.67. The van der Waals surface area contributed by atoms with Gasteiger partial charge in [-0.3, -0.25) is 9.80 Å². The van der Waals surface area contributed by atoms with Gasteiger partial charge in [-0.15, -0.1) is 0 Å². The van der Waals surface area contributed by atoms with Crippen molar-refractivity contribution in [1.82, 2.24) is 19.8 Å². The number of ether oxygens (including phenoxy) is 1. The fourth-order valence-electron chi connectivity index (χ4n) is 4.82. The second-order valence-corrected chi connectivity index (χ2v) is 8.13. The Kier molecular flexibility index (Phi) is 7.08. The maximum absolute atomic E-state index is 10.1. The van der Waals surface area contributed by atoms with Crippen molar-refractivity contribution >= 4 is 0 Å². The predicted octanol–water partition coefficient (Wildman–Crippen LogP) is 1.90. The molecule has 0 amide bonds. The number of fused-ring (bicyclic) bond motifs is 1. The smallest absolute Gasteiger partial charge is 0.115 e. The first-order chi connectivity index (χ1) is 14.8. The zero-order valence-corrected chi connectivity index (χ0v) is 17.6. The summed E-state index contributed by atoms with van der Waals surface area (Å²) in [5.74, 6) is 6.46. The Hall–Kier alpha value is -2.30. The normalized spacial score (nSPS) is 24.7. The van der Waals surface area contributed by atoms with E-state index in [2.05, 4.69) is 55.9 Å². The summed E-state index contributed by atoms with van der Waals surface area (Å²) in [5.41, 5.74) is 3.44. The summed E-state index contributed by atoms with van der Waals surface area (Å²) < 4.78 is 5.00. The van der Waals surface area contributed by atoms with Crippen molar-refractivity contribution in [1.29, 1.82) is 0 Å². The highest BCUT2D eigenvalue weighted by molar-refractivity contribution is 5.39. The molecule has 158 valence electrons. The van der Waals surface area contributed by atoms with E-state index in [4.69, 9.17) is 4.74 Å². The van der Waals surface area contributed by atoms with E-state index in [1.54, 1.807) is 13.4 Å². The number of nitrogens with zero attached hydrogens (tertiary/aromatic N) is 4. The third-order valence-electron chi connectivity index (χ3n) is 6.22. The lowest BCUT2D eigenvalue weighted by Gasteiger charge is -2.57. The Morgan fingerprint density at radius 1 is 1.13 bits per heavy atom. The van der Waals surface area contributed by atoms with Crippen LogP contribution in [0.1, 0.15) is 35.4 Å². The molecule has 6 nitrogen and oxygen atoms in total. The molecule has 1 aromatic heterocycles. The highest BCUT2D eigenvalue weighted by Gasteiger charge is 2.48. The molecule has 4 rings (SSSR count). The van der Waals surface area contributed by atoms with Crippen LogP contribution >= 0.6 is 0 Å². The molecule has 1 aromatic carbocycles. The number of aliphatic hydroxyl groups excluding tert-OH is 1. The van der Waals surface area contributed by atoms with Crippen molar-refractivity contribution < 1.29 is 9.84 Å². The van der Waals surface area contributed by atoms with E-state index in [9.17, 15) is 5.11 Å². The molecular formula is C24H30N4O2. The average molecular weight is 407 g/mol. The van der Waals surface area contributed by atoms with Gasteiger partial charge in [0.1, 0.15) is 12.9 Å². The van der Waals surface area contributed by atoms with Crippen molar-refractivity contribution in [2.75, 3.05) is 40.0 Å². The predicted molar refractivity (Wildman–Crippen MR) is 116 cm³/mol. The average Bonchev–Trinajstić information content (AvgIpc) is 2.76. The van der Waals surface area contributed by atoms with Crippen LogP contribution in [0, 0.1) is 11.8 Å². The van der Waals surface area contributed by atoms with Gasteiger partial charge in [-0.2, -0.15) is 0 Å². The van der Waals surface area contributed by atoms with Gasteiger partial charge in [-0.05, 0) is 43.6 Å². The first-order valence-electron chi connectivity index (χ1n) is 10.7. The van der Waals surface area contributed by atoms with Gasteiger partial charge in [0.15, 0.2) is 0 Å². The lowest BCUT2D eigenvalue weighted by atomic mass is 9.74. The monoisotopic (exact) mass is 406 g/mol. The fraction of sp³-hybridized carbons (Fsp3) is 0.500. The number of hydrogen-bond donors (Lipinski definition) is 1. The second-order valence-electron chi connectivity index (χ2n) is 8.13. The van der Waals surface area contributed by atoms with Crippen LogP contribution < -0.4 is 0 Å². The maximum Gasteiger partial charge on any atom is 0.115 e. The zero-order valence-electron chi connectivity index (χ0n) is 17.6. The Labute approximate surface area is 178 Å². The highest BCUT2D eigenvalue weighted by atomic mass is 16.5. The topological polar surface area (TPSA) is 61.7 Å². The van der Waals surface area contributed by atoms with Gasteiger partial charge in [-0.25, -0.2) is 9.97 Å². The molecule has 2 fully saturated rings. The minimum atomic E-state index is 0.195. The van der Waals surface area contributed by atoms with E-state index in [1.165, 1.54) is 12.0 Å². The summed E-state index contributed by atoms with van der Waals surface area (Å²) >= 11 is 0. The van der Waals surface area contributed by atoms with Crippen LogP contribution in [0.15, 0.2) is 43.0 Å². The number of aromatic nitrogens is 2. The van der Waals surface area contributed by atoms with Gasteiger partial charge in [0.25, 0.3) is 0 Å². The Balaban J connectivity index is 1.50. The third kappa shape index (κ3) is 4.71. The summed E-state index contributed by atoms with van der Waals surface area (Å²) in [6, 6.07) is 9.12. The van der Waals surface area contributed by atoms with E-state index in [-0.39, 0.29) is 12.6 Å². The molecule has 30 heavy (non-hydrogen) atoms. The third-order valence-corrected chi connectivity index (χ3v) is 6.22. The summed E-state index contributed by atoms with van der Waals surface area (Å²) in [6.45, 7) is 4.65. The molecule has 0 radical (unpaired) electrons. The molecule has 6 heteroatoms. The van der Waals surface area contributed by atoms with Crippen LogP contribution in [0.5, 0.6) is 0 Å². The van der Waals surface area contributed by atoms with Crippen LogP contribution in [0.4, 0.5) is 0 Å². The van der Waals surface area contributed by atoms with Gasteiger partial charge in [0.05, 0.1) is 6.61 Å². The number of aliphatic hydroxyl groups is 1. The molecule has 3 atom stereocenters. The van der Waals surface area contributed by atoms with Gasteiger partial charge in [0, 0.05) is 61.7 Å². The molecule has 0 bridgehead atoms. The maximum atomic E-state index is 10.1. The van der Waals surface area contributed by atoms with E-state index in [0.29, 0.717) is 18.6 Å². The molecule has 3 heterocycles. The quantitative estimate of drug-likeness (QED) is 0.766. The van der Waals surface area contributed by atoms with E-state index in [0.717, 1.165) is 43.7 Å². The molecule has 2 aromatic rings. The standard InChI is InChI=1S/C24H30N4O2/c1-30-12-4-5-19-6-8-21(9-7-19)24-22-16-27(15-20-13-25-18-26-14-20)10-2-3-11-28(22)23(24)17-29/h6-9,13-14,18,22-24,29H,2-3,10-12,15-17H2,1H3/t22-,23+,24-/m1/s1. The van der Waals surface area contributed by atoms with Crippen molar-refractivity contribution in [3.05, 3.63) is 59.7 Å². The van der Waals surface area contributed by atoms with E-state index >= 15 is 0 Å². The van der Waals surface area contributed by atoms with Gasteiger partial charge >= 0.3 is 0 Å². The van der Waals surface area contributed by atoms with Gasteiger partial charge < -0.3 is 9.84 Å². The molecular weight excluding hydrogens is 376 g/mol. The zero-order chi connectivity index (χ0) is 20.8. The van der Waals surface area contributed by atoms with Crippen LogP contribution in [0.2, 0.25) is 0 Å². The number of rotatable bonds is 5. The van der Waals surface area contributed by atoms with Crippen molar-refractivity contribution in [2.24, 2.45) is 0 Å². The first kappa shape index (κ1) is 21.0. The van der Waals surface area contributed by atoms with Crippen LogP contribution in [0.3, 0.4) is 0 Å². The SMILES string of the molecule is COCC#Cc1ccc([C@@H]2[C@H]3CN(Cc4cncnc4)CCCCN3[C@H]2CO)cc1. The molecule has 0 aliphatic carbocycles. The Morgan fingerprint density at radius 2 is 1.90 bits per heavy atom. The van der Waals surface area contributed by atoms with Crippen LogP contribution in [-0.2, 0) is 11.3 Å². The molecule has 0 unspecified atom stereocenters. The van der Waals surface area contributed by atoms with Crippen molar-refractivity contribution in [3.8, 4) is 11.8 Å². The van der Waals surface area contributed by atoms with Gasteiger partial charge in [-0.1, -0.05) is 24.0 Å². The molecule has 2 saturated heterocycles. The van der Waals surface area contributed by atoms with Crippen molar-refractivity contribution in [3.63, 3.8) is 0 Å². The second kappa shape index (κ2) is 10.1. The Morgan fingerprint density at radius 3 is 2.63 bits per heavy atom. The minimum Gasteiger partial charge on any atom is -0.395 e. The molecule has 0 spiro atoms. The largest absolute Gasteiger partial charge is 0.395 e. The summed E-state index contributed by atoms with van der Waals surface area (Å²) in [7, 11) is 1.65. The summed E-state index contributed by atoms with van der Waals surface area (Å²) in [6.07, 6.45) is 7.73. The number of hydrogen-bond acceptors (Lipinski definition) is 6. The molecule has 2 aliphatic heterocycles. The fourth-order valence-corrected chi connectivity index (χ4v) is 4.82. The number of benzene rings is 1. The molecule has 2 aliphatic rings. The van der Waals surface area contributed by atoms with E-state index < -0.39 is 0 Å². The molecule has 0 saturated carbocycles. The minimum absolute atomic E-state index is 0.195. The number of methoxy groups -OCH3 is 1. The Bertz CT molecular complexity index is 862.